The number of anilines is 4. The minimum atomic E-state index is -4.60. The van der Waals surface area contributed by atoms with Crippen LogP contribution in [-0.2, 0) is 6.18 Å². The van der Waals surface area contributed by atoms with Crippen LogP contribution in [0.3, 0.4) is 0 Å². The van der Waals surface area contributed by atoms with Crippen molar-refractivity contribution in [2.75, 3.05) is 28.6 Å². The maximum atomic E-state index is 13.8. The average molecular weight is 455 g/mol. The minimum Gasteiger partial charge on any atom is -0.393 e. The number of carbonyl (C=O) groups is 1. The molecule has 1 fully saturated rings. The normalized spacial score (nSPS) is 14.7. The minimum absolute atomic E-state index is 0.0299. The number of hydrogen-bond acceptors (Lipinski definition) is 4. The lowest BCUT2D eigenvalue weighted by Crippen LogP contribution is -2.37. The third-order valence-corrected chi connectivity index (χ3v) is 5.57. The lowest BCUT2D eigenvalue weighted by Gasteiger charge is -2.33. The van der Waals surface area contributed by atoms with Crippen molar-refractivity contribution >= 4 is 28.7 Å². The van der Waals surface area contributed by atoms with Crippen LogP contribution in [-0.4, -0.2) is 30.2 Å². The number of para-hydroxylation sites is 1. The molecule has 1 saturated heterocycles. The van der Waals surface area contributed by atoms with E-state index in [4.69, 9.17) is 0 Å². The maximum Gasteiger partial charge on any atom is 0.418 e. The number of halogens is 3. The number of aliphatic hydroxyl groups is 1. The molecule has 8 heteroatoms. The Morgan fingerprint density at radius 2 is 1.48 bits per heavy atom. The summed E-state index contributed by atoms with van der Waals surface area (Å²) in [7, 11) is 0. The number of alkyl halides is 3. The van der Waals surface area contributed by atoms with Crippen LogP contribution in [0.25, 0.3) is 0 Å². The molecule has 33 heavy (non-hydrogen) atoms. The third-order valence-electron chi connectivity index (χ3n) is 5.57. The van der Waals surface area contributed by atoms with Gasteiger partial charge in [-0.25, -0.2) is 0 Å². The summed E-state index contributed by atoms with van der Waals surface area (Å²) in [5, 5.41) is 15.5. The number of hydrogen-bond donors (Lipinski definition) is 3. The zero-order valence-corrected chi connectivity index (χ0v) is 17.8. The van der Waals surface area contributed by atoms with E-state index in [9.17, 15) is 23.1 Å². The Bertz CT molecular complexity index is 1090. The number of piperidine rings is 1. The quantitative estimate of drug-likeness (QED) is 0.464. The summed E-state index contributed by atoms with van der Waals surface area (Å²) in [6, 6.07) is 20.1. The first-order valence-corrected chi connectivity index (χ1v) is 10.7. The van der Waals surface area contributed by atoms with E-state index in [0.717, 1.165) is 17.4 Å². The van der Waals surface area contributed by atoms with Gasteiger partial charge in [0, 0.05) is 41.4 Å². The molecule has 1 amide bonds. The molecule has 172 valence electrons. The van der Waals surface area contributed by atoms with Gasteiger partial charge in [-0.2, -0.15) is 13.2 Å². The van der Waals surface area contributed by atoms with Crippen molar-refractivity contribution in [3.05, 3.63) is 83.9 Å². The molecule has 3 N–H and O–H groups in total. The van der Waals surface area contributed by atoms with Crippen molar-refractivity contribution in [1.82, 2.24) is 0 Å². The van der Waals surface area contributed by atoms with Crippen LogP contribution in [0, 0.1) is 0 Å². The van der Waals surface area contributed by atoms with Crippen molar-refractivity contribution in [1.29, 1.82) is 0 Å². The SMILES string of the molecule is O=C(Nc1ccc(Nc2ccccc2)cc1)c1ccc(N2CCC(O)CC2)c(C(F)(F)F)c1. The van der Waals surface area contributed by atoms with E-state index in [1.807, 2.05) is 30.3 Å². The Balaban J connectivity index is 1.48. The molecular formula is C25H24F3N3O2. The Morgan fingerprint density at radius 3 is 2.12 bits per heavy atom. The summed E-state index contributed by atoms with van der Waals surface area (Å²) in [5.41, 5.74) is 1.30. The van der Waals surface area contributed by atoms with Gasteiger partial charge in [0.2, 0.25) is 0 Å². The number of amides is 1. The van der Waals surface area contributed by atoms with E-state index in [1.54, 1.807) is 29.2 Å². The zero-order valence-electron chi connectivity index (χ0n) is 17.8. The predicted octanol–water partition coefficient (Wildman–Crippen LogP) is 5.66. The Labute approximate surface area is 189 Å². The Hall–Kier alpha value is -3.52. The maximum absolute atomic E-state index is 13.8. The second-order valence-corrected chi connectivity index (χ2v) is 7.97. The number of nitrogens with one attached hydrogen (secondary N) is 2. The van der Waals surface area contributed by atoms with Gasteiger partial charge < -0.3 is 20.6 Å². The van der Waals surface area contributed by atoms with Crippen LogP contribution in [0.4, 0.5) is 35.9 Å². The van der Waals surface area contributed by atoms with Crippen LogP contribution in [0.5, 0.6) is 0 Å². The number of rotatable bonds is 5. The van der Waals surface area contributed by atoms with Gasteiger partial charge in [-0.15, -0.1) is 0 Å². The summed E-state index contributed by atoms with van der Waals surface area (Å²) < 4.78 is 41.3. The van der Waals surface area contributed by atoms with E-state index in [2.05, 4.69) is 10.6 Å². The van der Waals surface area contributed by atoms with Gasteiger partial charge in [0.05, 0.1) is 11.7 Å². The van der Waals surface area contributed by atoms with Gasteiger partial charge in [0.1, 0.15) is 0 Å². The molecule has 3 aromatic rings. The summed E-state index contributed by atoms with van der Waals surface area (Å²) in [6.45, 7) is 0.665. The largest absolute Gasteiger partial charge is 0.418 e. The highest BCUT2D eigenvalue weighted by Crippen LogP contribution is 2.38. The highest BCUT2D eigenvalue weighted by molar-refractivity contribution is 6.04. The number of benzene rings is 3. The molecule has 1 aliphatic heterocycles. The first-order valence-electron chi connectivity index (χ1n) is 10.7. The number of aliphatic hydroxyl groups excluding tert-OH is 1. The van der Waals surface area contributed by atoms with Crippen LogP contribution >= 0.6 is 0 Å². The van der Waals surface area contributed by atoms with Crippen LogP contribution < -0.4 is 15.5 Å². The summed E-state index contributed by atoms with van der Waals surface area (Å²) in [4.78, 5) is 14.3. The molecule has 3 aromatic carbocycles. The van der Waals surface area contributed by atoms with Gasteiger partial charge in [-0.3, -0.25) is 4.79 Å². The van der Waals surface area contributed by atoms with Crippen molar-refractivity contribution in [2.24, 2.45) is 0 Å². The Morgan fingerprint density at radius 1 is 0.879 bits per heavy atom. The molecule has 5 nitrogen and oxygen atoms in total. The molecule has 0 aliphatic carbocycles. The summed E-state index contributed by atoms with van der Waals surface area (Å²) in [6.07, 6.45) is -4.27. The molecule has 0 bridgehead atoms. The lowest BCUT2D eigenvalue weighted by molar-refractivity contribution is -0.137. The van der Waals surface area contributed by atoms with Gasteiger partial charge in [0.25, 0.3) is 5.91 Å². The average Bonchev–Trinajstić information content (AvgIpc) is 2.80. The highest BCUT2D eigenvalue weighted by atomic mass is 19.4. The monoisotopic (exact) mass is 455 g/mol. The molecular weight excluding hydrogens is 431 g/mol. The van der Waals surface area contributed by atoms with Crippen LogP contribution in [0.15, 0.2) is 72.8 Å². The fraction of sp³-hybridized carbons (Fsp3) is 0.240. The molecule has 0 unspecified atom stereocenters. The topological polar surface area (TPSA) is 64.6 Å². The zero-order chi connectivity index (χ0) is 23.4. The van der Waals surface area contributed by atoms with Crippen molar-refractivity contribution < 1.29 is 23.1 Å². The van der Waals surface area contributed by atoms with E-state index >= 15 is 0 Å². The van der Waals surface area contributed by atoms with Gasteiger partial charge in [0.15, 0.2) is 0 Å². The molecule has 1 heterocycles. The first-order chi connectivity index (χ1) is 15.8. The number of nitrogens with zero attached hydrogens (tertiary/aromatic N) is 1. The smallest absolute Gasteiger partial charge is 0.393 e. The van der Waals surface area contributed by atoms with E-state index in [1.165, 1.54) is 12.1 Å². The van der Waals surface area contributed by atoms with Crippen molar-refractivity contribution in [2.45, 2.75) is 25.1 Å². The summed E-state index contributed by atoms with van der Waals surface area (Å²) in [5.74, 6) is -0.620. The molecule has 0 radical (unpaired) electrons. The molecule has 0 saturated carbocycles. The van der Waals surface area contributed by atoms with Gasteiger partial charge in [-0.1, -0.05) is 18.2 Å². The molecule has 0 atom stereocenters. The molecule has 0 aromatic heterocycles. The molecule has 1 aliphatic rings. The van der Waals surface area contributed by atoms with Crippen molar-refractivity contribution in [3.8, 4) is 0 Å². The Kier molecular flexibility index (Phi) is 6.55. The van der Waals surface area contributed by atoms with Gasteiger partial charge >= 0.3 is 6.18 Å². The lowest BCUT2D eigenvalue weighted by atomic mass is 10.0. The second kappa shape index (κ2) is 9.54. The van der Waals surface area contributed by atoms with Gasteiger partial charge in [-0.05, 0) is 67.4 Å². The van der Waals surface area contributed by atoms with E-state index in [-0.39, 0.29) is 11.3 Å². The molecule has 0 spiro atoms. The standard InChI is InChI=1S/C25H24F3N3O2/c26-25(27,28)22-16-17(6-11-23(22)31-14-12-21(32)13-15-31)24(33)30-20-9-7-19(8-10-20)29-18-4-2-1-3-5-18/h1-11,16,21,29,32H,12-15H2,(H,30,33). The predicted molar refractivity (Wildman–Crippen MR) is 123 cm³/mol. The van der Waals surface area contributed by atoms with E-state index in [0.29, 0.717) is 31.6 Å². The van der Waals surface area contributed by atoms with E-state index < -0.39 is 23.8 Å². The summed E-state index contributed by atoms with van der Waals surface area (Å²) >= 11 is 0. The fourth-order valence-electron chi connectivity index (χ4n) is 3.82. The third kappa shape index (κ3) is 5.64. The number of carbonyl (C=O) groups excluding carboxylic acids is 1. The second-order valence-electron chi connectivity index (χ2n) is 7.97. The molecule has 4 rings (SSSR count). The fourth-order valence-corrected chi connectivity index (χ4v) is 3.82. The van der Waals surface area contributed by atoms with Crippen LogP contribution in [0.1, 0.15) is 28.8 Å². The highest BCUT2D eigenvalue weighted by Gasteiger charge is 2.36. The van der Waals surface area contributed by atoms with Crippen LogP contribution in [0.2, 0.25) is 0 Å². The van der Waals surface area contributed by atoms with Crippen molar-refractivity contribution in [3.63, 3.8) is 0 Å². The first kappa shape index (κ1) is 22.7.